The Hall–Kier alpha value is -4.61. The molecule has 12 nitrogen and oxygen atoms in total. The number of aryl methyl sites for hydroxylation is 3. The third kappa shape index (κ3) is 7.19. The van der Waals surface area contributed by atoms with Gasteiger partial charge in [0.1, 0.15) is 36.1 Å². The Bertz CT molecular complexity index is 1280. The van der Waals surface area contributed by atoms with Gasteiger partial charge in [-0.3, -0.25) is 15.0 Å². The molecule has 6 rings (SSSR count). The van der Waals surface area contributed by atoms with Crippen LogP contribution in [0.15, 0.2) is 92.2 Å². The Balaban J connectivity index is 0.000000152. The van der Waals surface area contributed by atoms with Gasteiger partial charge in [-0.2, -0.15) is 0 Å². The van der Waals surface area contributed by atoms with Gasteiger partial charge in [0, 0.05) is 39.7 Å². The van der Waals surface area contributed by atoms with Crippen molar-refractivity contribution in [3.63, 3.8) is 0 Å². The van der Waals surface area contributed by atoms with E-state index in [1.54, 1.807) is 37.6 Å². The summed E-state index contributed by atoms with van der Waals surface area (Å²) >= 11 is 0. The number of aromatic nitrogens is 12. The van der Waals surface area contributed by atoms with Gasteiger partial charge < -0.3 is 13.7 Å². The third-order valence-electron chi connectivity index (χ3n) is 4.82. The zero-order valence-electron chi connectivity index (χ0n) is 20.4. The summed E-state index contributed by atoms with van der Waals surface area (Å²) < 4.78 is 5.51. The molecule has 37 heavy (non-hydrogen) atoms. The number of hydrogen-bond acceptors (Lipinski definition) is 9. The molecule has 0 atom stereocenters. The van der Waals surface area contributed by atoms with Gasteiger partial charge in [-0.1, -0.05) is 18.2 Å². The van der Waals surface area contributed by atoms with Crippen LogP contribution in [0.25, 0.3) is 34.6 Å². The van der Waals surface area contributed by atoms with Crippen molar-refractivity contribution in [1.82, 2.24) is 59.2 Å². The van der Waals surface area contributed by atoms with Crippen LogP contribution in [0.2, 0.25) is 0 Å². The van der Waals surface area contributed by atoms with Crippen molar-refractivity contribution < 1.29 is 17.1 Å². The van der Waals surface area contributed by atoms with Gasteiger partial charge in [-0.25, -0.2) is 0 Å². The SMILES string of the molecule is Cn1cnnc1-c1ccccn1.Cn1cnnc1-c1ccccn1.Cn1cnnc1-c1ccccn1.[Fe+2]. The predicted molar refractivity (Wildman–Crippen MR) is 133 cm³/mol. The van der Waals surface area contributed by atoms with Gasteiger partial charge in [-0.15, -0.1) is 30.6 Å². The van der Waals surface area contributed by atoms with Crippen molar-refractivity contribution >= 4 is 0 Å². The largest absolute Gasteiger partial charge is 2.00 e. The molecule has 186 valence electrons. The summed E-state index contributed by atoms with van der Waals surface area (Å²) in [7, 11) is 5.68. The molecular formula is C24H24FeN12+2. The maximum absolute atomic E-state index is 4.16. The molecule has 0 aliphatic carbocycles. The molecule has 0 fully saturated rings. The van der Waals surface area contributed by atoms with Crippen molar-refractivity contribution in [1.29, 1.82) is 0 Å². The summed E-state index contributed by atoms with van der Waals surface area (Å²) in [6, 6.07) is 17.1. The normalized spacial score (nSPS) is 9.81. The molecule has 13 heteroatoms. The van der Waals surface area contributed by atoms with E-state index in [-0.39, 0.29) is 17.1 Å². The van der Waals surface area contributed by atoms with E-state index in [0.29, 0.717) is 0 Å². The molecule has 0 N–H and O–H groups in total. The second-order valence-corrected chi connectivity index (χ2v) is 7.44. The van der Waals surface area contributed by atoms with Crippen molar-refractivity contribution in [2.45, 2.75) is 0 Å². The van der Waals surface area contributed by atoms with Crippen LogP contribution in [-0.2, 0) is 38.2 Å². The summed E-state index contributed by atoms with van der Waals surface area (Å²) in [5.41, 5.74) is 2.53. The summed E-state index contributed by atoms with van der Waals surface area (Å²) in [6.45, 7) is 0. The second kappa shape index (κ2) is 13.5. The minimum atomic E-state index is 0. The Morgan fingerprint density at radius 1 is 0.459 bits per heavy atom. The van der Waals surface area contributed by atoms with Crippen LogP contribution in [0.1, 0.15) is 0 Å². The fourth-order valence-corrected chi connectivity index (χ4v) is 3.03. The Morgan fingerprint density at radius 2 is 0.757 bits per heavy atom. The van der Waals surface area contributed by atoms with Crippen LogP contribution in [0.5, 0.6) is 0 Å². The summed E-state index contributed by atoms with van der Waals surface area (Å²) in [5, 5.41) is 23.1. The topological polar surface area (TPSA) is 131 Å². The molecule has 0 aliphatic rings. The molecule has 0 aromatic carbocycles. The molecule has 6 aromatic heterocycles. The van der Waals surface area contributed by atoms with E-state index in [9.17, 15) is 0 Å². The van der Waals surface area contributed by atoms with Crippen molar-refractivity contribution in [2.75, 3.05) is 0 Å². The average Bonchev–Trinajstić information content (AvgIpc) is 3.67. The number of rotatable bonds is 3. The molecule has 0 amide bonds. The van der Waals surface area contributed by atoms with Gasteiger partial charge in [0.05, 0.1) is 0 Å². The summed E-state index contributed by atoms with van der Waals surface area (Å²) in [5.74, 6) is 2.36. The second-order valence-electron chi connectivity index (χ2n) is 7.44. The zero-order valence-corrected chi connectivity index (χ0v) is 21.5. The van der Waals surface area contributed by atoms with E-state index in [1.807, 2.05) is 89.4 Å². The molecule has 0 saturated carbocycles. The maximum atomic E-state index is 4.16. The minimum absolute atomic E-state index is 0. The Kier molecular flexibility index (Phi) is 9.82. The predicted octanol–water partition coefficient (Wildman–Crippen LogP) is 2.63. The third-order valence-corrected chi connectivity index (χ3v) is 4.82. The smallest absolute Gasteiger partial charge is 0.315 e. The van der Waals surface area contributed by atoms with E-state index in [2.05, 4.69) is 45.5 Å². The molecule has 0 spiro atoms. The molecule has 0 aliphatic heterocycles. The van der Waals surface area contributed by atoms with Crippen molar-refractivity contribution in [3.05, 3.63) is 92.2 Å². The summed E-state index contributed by atoms with van der Waals surface area (Å²) in [4.78, 5) is 12.5. The van der Waals surface area contributed by atoms with Crippen LogP contribution in [0.4, 0.5) is 0 Å². The number of hydrogen-bond donors (Lipinski definition) is 0. The van der Waals surface area contributed by atoms with Crippen LogP contribution in [0.3, 0.4) is 0 Å². The van der Waals surface area contributed by atoms with E-state index in [4.69, 9.17) is 0 Å². The monoisotopic (exact) mass is 536 g/mol. The molecule has 0 bridgehead atoms. The Morgan fingerprint density at radius 3 is 0.946 bits per heavy atom. The van der Waals surface area contributed by atoms with E-state index in [0.717, 1.165) is 34.6 Å². The van der Waals surface area contributed by atoms with Crippen LogP contribution >= 0.6 is 0 Å². The average molecular weight is 536 g/mol. The van der Waals surface area contributed by atoms with Crippen molar-refractivity contribution in [3.8, 4) is 34.6 Å². The number of pyridine rings is 3. The van der Waals surface area contributed by atoms with Gasteiger partial charge >= 0.3 is 17.1 Å². The van der Waals surface area contributed by atoms with E-state index in [1.165, 1.54) is 0 Å². The van der Waals surface area contributed by atoms with Gasteiger partial charge in [0.2, 0.25) is 0 Å². The molecule has 0 radical (unpaired) electrons. The first-order chi connectivity index (χ1) is 17.6. The van der Waals surface area contributed by atoms with Crippen LogP contribution in [0, 0.1) is 0 Å². The first kappa shape index (κ1) is 27.0. The van der Waals surface area contributed by atoms with Gasteiger partial charge in [0.15, 0.2) is 17.5 Å². The van der Waals surface area contributed by atoms with E-state index < -0.39 is 0 Å². The van der Waals surface area contributed by atoms with E-state index >= 15 is 0 Å². The van der Waals surface area contributed by atoms with Crippen LogP contribution in [-0.4, -0.2) is 59.2 Å². The Labute approximate surface area is 224 Å². The molecular weight excluding hydrogens is 512 g/mol. The first-order valence-corrected chi connectivity index (χ1v) is 10.9. The molecule has 6 heterocycles. The fourth-order valence-electron chi connectivity index (χ4n) is 3.03. The van der Waals surface area contributed by atoms with Crippen molar-refractivity contribution in [2.24, 2.45) is 21.1 Å². The quantitative estimate of drug-likeness (QED) is 0.313. The molecule has 0 saturated heterocycles. The standard InChI is InChI=1S/3C8H8N4.Fe/c3*1-12-6-10-11-8(12)7-4-2-3-5-9-7;/h3*2-6H,1H3;/q;;;+2. The molecule has 0 unspecified atom stereocenters. The number of nitrogens with zero attached hydrogens (tertiary/aromatic N) is 12. The van der Waals surface area contributed by atoms with Gasteiger partial charge in [-0.05, 0) is 36.4 Å². The fraction of sp³-hybridized carbons (Fsp3) is 0.125. The molecule has 6 aromatic rings. The maximum Gasteiger partial charge on any atom is 2.00 e. The minimum Gasteiger partial charge on any atom is -0.315 e. The van der Waals surface area contributed by atoms with Crippen LogP contribution < -0.4 is 0 Å². The summed E-state index contributed by atoms with van der Waals surface area (Å²) in [6.07, 6.45) is 10.2. The first-order valence-electron chi connectivity index (χ1n) is 10.9. The van der Waals surface area contributed by atoms with Gasteiger partial charge in [0.25, 0.3) is 0 Å². The zero-order chi connectivity index (χ0) is 25.2.